The van der Waals surface area contributed by atoms with E-state index in [0.29, 0.717) is 9.92 Å². The first-order valence-corrected chi connectivity index (χ1v) is 13.8. The van der Waals surface area contributed by atoms with Crippen LogP contribution in [-0.4, -0.2) is 26.8 Å². The lowest BCUT2D eigenvalue weighted by Crippen LogP contribution is -2.18. The number of hydrogen-bond donors (Lipinski definition) is 0. The van der Waals surface area contributed by atoms with Crippen LogP contribution in [0.1, 0.15) is 17.2 Å². The molecule has 0 radical (unpaired) electrons. The fourth-order valence-electron chi connectivity index (χ4n) is 2.76. The number of hydrogen-bond acceptors (Lipinski definition) is 2. The highest BCUT2D eigenvalue weighted by Crippen LogP contribution is 2.47. The Hall–Kier alpha value is -1.58. The first-order valence-electron chi connectivity index (χ1n) is 8.48. The van der Waals surface area contributed by atoms with Crippen molar-refractivity contribution in [3.05, 3.63) is 64.7 Å². The highest BCUT2D eigenvalue weighted by atomic mass is 35.5. The maximum atomic E-state index is 13.1. The molecule has 0 amide bonds. The minimum Gasteiger partial charge on any atom is -0.207 e. The summed E-state index contributed by atoms with van der Waals surface area (Å²) < 4.78 is 27.8. The highest BCUT2D eigenvalue weighted by molar-refractivity contribution is 7.89. The predicted molar refractivity (Wildman–Crippen MR) is 109 cm³/mol. The van der Waals surface area contributed by atoms with Gasteiger partial charge < -0.3 is 0 Å². The Labute approximate surface area is 162 Å². The van der Waals surface area contributed by atoms with E-state index >= 15 is 0 Å². The van der Waals surface area contributed by atoms with E-state index in [1.54, 1.807) is 24.3 Å². The number of aryl methyl sites for hydroxylation is 1. The van der Waals surface area contributed by atoms with Crippen LogP contribution in [-0.2, 0) is 10.0 Å². The Morgan fingerprint density at radius 1 is 1.00 bits per heavy atom. The van der Waals surface area contributed by atoms with E-state index in [9.17, 15) is 8.42 Å². The zero-order chi connectivity index (χ0) is 19.1. The second-order valence-electron chi connectivity index (χ2n) is 7.61. The van der Waals surface area contributed by atoms with Crippen molar-refractivity contribution in [1.29, 1.82) is 0 Å². The second kappa shape index (κ2) is 6.86. The standard InChI is InChI=1S/C20H22ClNO2SSi/c1-15-5-11-18(12-6-15)25(23,24)22-19(13-14-26(2,3)4)20(22)16-7-9-17(21)10-8-16/h5-12,19-20H,1-4H3. The maximum absolute atomic E-state index is 13.1. The van der Waals surface area contributed by atoms with Crippen molar-refractivity contribution in [2.45, 2.75) is 43.5 Å². The summed E-state index contributed by atoms with van der Waals surface area (Å²) >= 11 is 5.98. The molecule has 0 bridgehead atoms. The first-order chi connectivity index (χ1) is 12.1. The summed E-state index contributed by atoms with van der Waals surface area (Å²) in [5.74, 6) is 3.22. The smallest absolute Gasteiger partial charge is 0.207 e. The van der Waals surface area contributed by atoms with E-state index in [0.717, 1.165) is 11.1 Å². The number of rotatable bonds is 3. The van der Waals surface area contributed by atoms with Crippen molar-refractivity contribution in [2.75, 3.05) is 0 Å². The summed E-state index contributed by atoms with van der Waals surface area (Å²) in [7, 11) is -5.19. The molecule has 3 rings (SSSR count). The molecule has 1 saturated heterocycles. The van der Waals surface area contributed by atoms with Gasteiger partial charge in [-0.15, -0.1) is 5.54 Å². The molecule has 0 N–H and O–H groups in total. The van der Waals surface area contributed by atoms with Crippen molar-refractivity contribution in [2.24, 2.45) is 0 Å². The van der Waals surface area contributed by atoms with Gasteiger partial charge in [-0.1, -0.05) is 67.0 Å². The summed E-state index contributed by atoms with van der Waals surface area (Å²) in [6, 6.07) is 13.7. The minimum absolute atomic E-state index is 0.262. The average molecular weight is 404 g/mol. The molecule has 0 aromatic heterocycles. The maximum Gasteiger partial charge on any atom is 0.244 e. The molecule has 3 nitrogen and oxygen atoms in total. The Morgan fingerprint density at radius 3 is 2.12 bits per heavy atom. The van der Waals surface area contributed by atoms with Gasteiger partial charge in [-0.2, -0.15) is 4.31 Å². The lowest BCUT2D eigenvalue weighted by Gasteiger charge is -2.07. The third-order valence-corrected chi connectivity index (χ3v) is 7.18. The normalized spacial score (nSPS) is 22.4. The zero-order valence-corrected chi connectivity index (χ0v) is 17.9. The monoisotopic (exact) mass is 403 g/mol. The van der Waals surface area contributed by atoms with Crippen molar-refractivity contribution in [3.8, 4) is 11.5 Å². The Morgan fingerprint density at radius 2 is 1.58 bits per heavy atom. The summed E-state index contributed by atoms with van der Waals surface area (Å²) in [5.41, 5.74) is 5.26. The van der Waals surface area contributed by atoms with Crippen LogP contribution < -0.4 is 0 Å². The molecule has 0 spiro atoms. The first kappa shape index (κ1) is 19.2. The van der Waals surface area contributed by atoms with Crippen LogP contribution in [0.25, 0.3) is 0 Å². The van der Waals surface area contributed by atoms with Crippen LogP contribution in [0.15, 0.2) is 53.4 Å². The van der Waals surface area contributed by atoms with Crippen LogP contribution in [0.4, 0.5) is 0 Å². The van der Waals surface area contributed by atoms with Gasteiger partial charge in [0.1, 0.15) is 14.1 Å². The Bertz CT molecular complexity index is 968. The zero-order valence-electron chi connectivity index (χ0n) is 15.3. The molecule has 1 heterocycles. The Balaban J connectivity index is 1.99. The van der Waals surface area contributed by atoms with Gasteiger partial charge in [0, 0.05) is 5.02 Å². The summed E-state index contributed by atoms with van der Waals surface area (Å²) in [6.45, 7) is 8.39. The van der Waals surface area contributed by atoms with Crippen LogP contribution >= 0.6 is 11.6 Å². The topological polar surface area (TPSA) is 37.1 Å². The molecule has 1 aliphatic heterocycles. The molecule has 3 atom stereocenters. The molecule has 136 valence electrons. The van der Waals surface area contributed by atoms with Crippen molar-refractivity contribution in [3.63, 3.8) is 0 Å². The van der Waals surface area contributed by atoms with Crippen LogP contribution in [0.2, 0.25) is 24.7 Å². The van der Waals surface area contributed by atoms with E-state index in [2.05, 4.69) is 31.1 Å². The van der Waals surface area contributed by atoms with Gasteiger partial charge in [-0.05, 0) is 36.8 Å². The quantitative estimate of drug-likeness (QED) is 0.425. The highest BCUT2D eigenvalue weighted by Gasteiger charge is 2.55. The van der Waals surface area contributed by atoms with Gasteiger partial charge in [0.05, 0.1) is 10.9 Å². The number of benzene rings is 2. The van der Waals surface area contributed by atoms with Crippen LogP contribution in [0, 0.1) is 18.4 Å². The molecule has 3 unspecified atom stereocenters. The van der Waals surface area contributed by atoms with Crippen LogP contribution in [0.3, 0.4) is 0 Å². The second-order valence-corrected chi connectivity index (χ2v) is 14.6. The van der Waals surface area contributed by atoms with Crippen molar-refractivity contribution < 1.29 is 8.42 Å². The van der Waals surface area contributed by atoms with Gasteiger partial charge >= 0.3 is 0 Å². The van der Waals surface area contributed by atoms with E-state index < -0.39 is 18.1 Å². The summed E-state index contributed by atoms with van der Waals surface area (Å²) in [5, 5.41) is 0.632. The van der Waals surface area contributed by atoms with Gasteiger partial charge in [-0.25, -0.2) is 8.42 Å². The molecule has 26 heavy (non-hydrogen) atoms. The SMILES string of the molecule is Cc1ccc(S(=O)(=O)N2C(C#C[Si](C)(C)C)C2c2ccc(Cl)cc2)cc1. The van der Waals surface area contributed by atoms with Crippen molar-refractivity contribution in [1.82, 2.24) is 4.31 Å². The van der Waals surface area contributed by atoms with Gasteiger partial charge in [0.25, 0.3) is 0 Å². The minimum atomic E-state index is -3.59. The fourth-order valence-corrected chi connectivity index (χ4v) is 5.14. The number of halogens is 1. The van der Waals surface area contributed by atoms with E-state index in [1.807, 2.05) is 31.2 Å². The van der Waals surface area contributed by atoms with E-state index in [1.165, 1.54) is 4.31 Å². The lowest BCUT2D eigenvalue weighted by atomic mass is 10.1. The number of sulfonamides is 1. The van der Waals surface area contributed by atoms with Crippen LogP contribution in [0.5, 0.6) is 0 Å². The lowest BCUT2D eigenvalue weighted by molar-refractivity contribution is 0.551. The van der Waals surface area contributed by atoms with Gasteiger partial charge in [0.2, 0.25) is 10.0 Å². The fraction of sp³-hybridized carbons (Fsp3) is 0.300. The number of nitrogens with zero attached hydrogens (tertiary/aromatic N) is 1. The summed E-state index contributed by atoms with van der Waals surface area (Å²) in [4.78, 5) is 0.305. The molecule has 6 heteroatoms. The predicted octanol–water partition coefficient (Wildman–Crippen LogP) is 4.64. The molecule has 1 aliphatic rings. The van der Waals surface area contributed by atoms with Gasteiger partial charge in [0.15, 0.2) is 0 Å². The molecule has 0 aliphatic carbocycles. The molecule has 0 saturated carbocycles. The third-order valence-electron chi connectivity index (χ3n) is 4.16. The Kier molecular flexibility index (Phi) is 5.06. The van der Waals surface area contributed by atoms with E-state index in [4.69, 9.17) is 11.6 Å². The largest absolute Gasteiger partial charge is 0.244 e. The van der Waals surface area contributed by atoms with Gasteiger partial charge in [-0.3, -0.25) is 0 Å². The molecular weight excluding hydrogens is 382 g/mol. The molecule has 2 aromatic carbocycles. The average Bonchev–Trinajstić information content (AvgIpc) is 3.29. The molecule has 2 aromatic rings. The molecule has 1 fully saturated rings. The molecular formula is C20H22ClNO2SSi. The summed E-state index contributed by atoms with van der Waals surface area (Å²) in [6.07, 6.45) is 0. The third kappa shape index (κ3) is 4.05. The van der Waals surface area contributed by atoms with Crippen molar-refractivity contribution >= 4 is 29.7 Å². The van der Waals surface area contributed by atoms with E-state index in [-0.39, 0.29) is 12.1 Å².